The number of rotatable bonds is 4. The number of hydrogen-bond donors (Lipinski definition) is 0. The van der Waals surface area contributed by atoms with E-state index >= 15 is 0 Å². The summed E-state index contributed by atoms with van der Waals surface area (Å²) in [5.74, 6) is -1.83. The third kappa shape index (κ3) is 2.92. The van der Waals surface area contributed by atoms with Crippen molar-refractivity contribution >= 4 is 21.8 Å². The minimum atomic E-state index is -3.91. The van der Waals surface area contributed by atoms with Gasteiger partial charge in [-0.1, -0.05) is 6.07 Å². The lowest BCUT2D eigenvalue weighted by atomic mass is 10.2. The van der Waals surface area contributed by atoms with Crippen LogP contribution in [-0.2, 0) is 16.6 Å². The SMILES string of the molecule is O=C1c2cccnc2C(=O)N1Cc1ccc(F)cc1S(=O)(=O)N1CCCC1. The smallest absolute Gasteiger partial charge is 0.268 e. The van der Waals surface area contributed by atoms with E-state index in [0.717, 1.165) is 29.9 Å². The monoisotopic (exact) mass is 389 g/mol. The molecule has 0 bridgehead atoms. The summed E-state index contributed by atoms with van der Waals surface area (Å²) in [5, 5.41) is 0. The van der Waals surface area contributed by atoms with Gasteiger partial charge in [0.15, 0.2) is 0 Å². The van der Waals surface area contributed by atoms with Crippen LogP contribution in [0.1, 0.15) is 39.3 Å². The molecule has 2 aliphatic heterocycles. The molecule has 2 aliphatic rings. The fourth-order valence-electron chi connectivity index (χ4n) is 3.39. The summed E-state index contributed by atoms with van der Waals surface area (Å²) in [7, 11) is -3.91. The molecule has 1 aromatic heterocycles. The highest BCUT2D eigenvalue weighted by molar-refractivity contribution is 7.89. The molecule has 1 aromatic carbocycles. The zero-order valence-electron chi connectivity index (χ0n) is 14.3. The molecule has 4 rings (SSSR count). The van der Waals surface area contributed by atoms with Gasteiger partial charge in [-0.25, -0.2) is 12.8 Å². The van der Waals surface area contributed by atoms with E-state index in [1.807, 2.05) is 0 Å². The van der Waals surface area contributed by atoms with E-state index in [4.69, 9.17) is 0 Å². The number of benzene rings is 1. The third-order valence-electron chi connectivity index (χ3n) is 4.77. The number of halogens is 1. The number of nitrogens with zero attached hydrogens (tertiary/aromatic N) is 3. The number of hydrogen-bond acceptors (Lipinski definition) is 5. The lowest BCUT2D eigenvalue weighted by Crippen LogP contribution is -2.32. The lowest BCUT2D eigenvalue weighted by molar-refractivity contribution is 0.0639. The predicted octanol–water partition coefficient (Wildman–Crippen LogP) is 1.80. The van der Waals surface area contributed by atoms with Crippen molar-refractivity contribution < 1.29 is 22.4 Å². The highest BCUT2D eigenvalue weighted by atomic mass is 32.2. The summed E-state index contributed by atoms with van der Waals surface area (Å²) >= 11 is 0. The molecule has 0 N–H and O–H groups in total. The highest BCUT2D eigenvalue weighted by Crippen LogP contribution is 2.28. The standard InChI is InChI=1S/C18H16FN3O4S/c19-13-6-5-12(15(10-13)27(25,26)21-8-1-2-9-21)11-22-17(23)14-4-3-7-20-16(14)18(22)24/h3-7,10H,1-2,8-9,11H2. The average molecular weight is 389 g/mol. The van der Waals surface area contributed by atoms with Crippen LogP contribution in [0.25, 0.3) is 0 Å². The minimum absolute atomic E-state index is 0.0357. The molecule has 0 spiro atoms. The van der Waals surface area contributed by atoms with Gasteiger partial charge in [0.1, 0.15) is 11.5 Å². The zero-order chi connectivity index (χ0) is 19.2. The summed E-state index contributed by atoms with van der Waals surface area (Å²) < 4.78 is 40.9. The molecular formula is C18H16FN3O4S. The second-order valence-corrected chi connectivity index (χ2v) is 8.37. The van der Waals surface area contributed by atoms with E-state index in [2.05, 4.69) is 4.98 Å². The zero-order valence-corrected chi connectivity index (χ0v) is 15.1. The first-order valence-electron chi connectivity index (χ1n) is 8.49. The van der Waals surface area contributed by atoms with E-state index in [1.165, 1.54) is 22.6 Å². The molecule has 0 atom stereocenters. The van der Waals surface area contributed by atoms with Crippen molar-refractivity contribution in [2.24, 2.45) is 0 Å². The summed E-state index contributed by atoms with van der Waals surface area (Å²) in [6.07, 6.45) is 2.90. The molecule has 1 fully saturated rings. The normalized spacial score (nSPS) is 17.6. The van der Waals surface area contributed by atoms with Crippen molar-refractivity contribution in [1.29, 1.82) is 0 Å². The van der Waals surface area contributed by atoms with Gasteiger partial charge in [0.05, 0.1) is 17.0 Å². The molecule has 9 heteroatoms. The van der Waals surface area contributed by atoms with Crippen LogP contribution in [-0.4, -0.2) is 47.5 Å². The number of amides is 2. The molecule has 1 saturated heterocycles. The van der Waals surface area contributed by atoms with Gasteiger partial charge < -0.3 is 0 Å². The Morgan fingerprint density at radius 3 is 2.52 bits per heavy atom. The van der Waals surface area contributed by atoms with E-state index in [9.17, 15) is 22.4 Å². The molecule has 140 valence electrons. The van der Waals surface area contributed by atoms with Gasteiger partial charge >= 0.3 is 0 Å². The minimum Gasteiger partial charge on any atom is -0.268 e. The van der Waals surface area contributed by atoms with Crippen LogP contribution in [0.3, 0.4) is 0 Å². The van der Waals surface area contributed by atoms with E-state index in [-0.39, 0.29) is 28.3 Å². The Morgan fingerprint density at radius 1 is 1.07 bits per heavy atom. The molecule has 0 radical (unpaired) electrons. The van der Waals surface area contributed by atoms with Crippen molar-refractivity contribution in [3.05, 3.63) is 59.2 Å². The van der Waals surface area contributed by atoms with E-state index < -0.39 is 27.7 Å². The summed E-state index contributed by atoms with van der Waals surface area (Å²) in [6.45, 7) is 0.473. The van der Waals surface area contributed by atoms with Crippen molar-refractivity contribution in [1.82, 2.24) is 14.2 Å². The number of aromatic nitrogens is 1. The van der Waals surface area contributed by atoms with Crippen LogP contribution in [0, 0.1) is 5.82 Å². The molecule has 3 heterocycles. The van der Waals surface area contributed by atoms with Crippen molar-refractivity contribution in [2.45, 2.75) is 24.3 Å². The highest BCUT2D eigenvalue weighted by Gasteiger charge is 2.38. The molecule has 7 nitrogen and oxygen atoms in total. The number of fused-ring (bicyclic) bond motifs is 1. The van der Waals surface area contributed by atoms with Crippen molar-refractivity contribution in [3.8, 4) is 0 Å². The maximum Gasteiger partial charge on any atom is 0.280 e. The second kappa shape index (κ2) is 6.50. The number of pyridine rings is 1. The Hall–Kier alpha value is -2.65. The molecule has 0 unspecified atom stereocenters. The maximum absolute atomic E-state index is 13.8. The van der Waals surface area contributed by atoms with Crippen molar-refractivity contribution in [2.75, 3.05) is 13.1 Å². The molecule has 2 amide bonds. The quantitative estimate of drug-likeness (QED) is 0.744. The summed E-state index contributed by atoms with van der Waals surface area (Å²) in [4.78, 5) is 29.7. The van der Waals surface area contributed by atoms with Crippen LogP contribution in [0.5, 0.6) is 0 Å². The van der Waals surface area contributed by atoms with E-state index in [1.54, 1.807) is 6.07 Å². The molecular weight excluding hydrogens is 373 g/mol. The lowest BCUT2D eigenvalue weighted by Gasteiger charge is -2.20. The van der Waals surface area contributed by atoms with Crippen LogP contribution < -0.4 is 0 Å². The first-order valence-corrected chi connectivity index (χ1v) is 9.93. The largest absolute Gasteiger partial charge is 0.280 e. The molecule has 0 aliphatic carbocycles. The first kappa shape index (κ1) is 17.7. The van der Waals surface area contributed by atoms with Crippen molar-refractivity contribution in [3.63, 3.8) is 0 Å². The van der Waals surface area contributed by atoms with Crippen LogP contribution >= 0.6 is 0 Å². The van der Waals surface area contributed by atoms with Gasteiger partial charge in [0.25, 0.3) is 11.8 Å². The number of carbonyl (C=O) groups excluding carboxylic acids is 2. The van der Waals surface area contributed by atoms with Crippen LogP contribution in [0.15, 0.2) is 41.4 Å². The summed E-state index contributed by atoms with van der Waals surface area (Å²) in [5.41, 5.74) is 0.403. The molecule has 0 saturated carbocycles. The topological polar surface area (TPSA) is 87.6 Å². The fourth-order valence-corrected chi connectivity index (χ4v) is 5.14. The fraction of sp³-hybridized carbons (Fsp3) is 0.278. The molecule has 27 heavy (non-hydrogen) atoms. The van der Waals surface area contributed by atoms with Crippen LogP contribution in [0.4, 0.5) is 4.39 Å². The van der Waals surface area contributed by atoms with Gasteiger partial charge in [-0.15, -0.1) is 0 Å². The Balaban J connectivity index is 1.72. The summed E-state index contributed by atoms with van der Waals surface area (Å²) in [6, 6.07) is 6.41. The molecule has 2 aromatic rings. The van der Waals surface area contributed by atoms with Gasteiger partial charge in [0, 0.05) is 19.3 Å². The van der Waals surface area contributed by atoms with Gasteiger partial charge in [-0.05, 0) is 42.7 Å². The number of imide groups is 1. The van der Waals surface area contributed by atoms with Gasteiger partial charge in [-0.3, -0.25) is 19.5 Å². The van der Waals surface area contributed by atoms with Gasteiger partial charge in [0.2, 0.25) is 10.0 Å². The Bertz CT molecular complexity index is 1010. The predicted molar refractivity (Wildman–Crippen MR) is 92.8 cm³/mol. The maximum atomic E-state index is 13.8. The first-order chi connectivity index (χ1) is 12.9. The average Bonchev–Trinajstić information content (AvgIpc) is 3.28. The van der Waals surface area contributed by atoms with E-state index in [0.29, 0.717) is 13.1 Å². The number of sulfonamides is 1. The Labute approximate surface area is 155 Å². The van der Waals surface area contributed by atoms with Gasteiger partial charge in [-0.2, -0.15) is 4.31 Å². The third-order valence-corrected chi connectivity index (χ3v) is 6.75. The second-order valence-electron chi connectivity index (χ2n) is 6.46. The Kier molecular flexibility index (Phi) is 4.27. The number of carbonyl (C=O) groups is 2. The Morgan fingerprint density at radius 2 is 1.81 bits per heavy atom. The van der Waals surface area contributed by atoms with Crippen LogP contribution in [0.2, 0.25) is 0 Å².